The maximum Gasteiger partial charge on any atom is 0.273 e. The Kier molecular flexibility index (Phi) is 7.45. The minimum absolute atomic E-state index is 0.220. The molecule has 1 atom stereocenters. The fourth-order valence-corrected chi connectivity index (χ4v) is 3.60. The van der Waals surface area contributed by atoms with Gasteiger partial charge in [-0.15, -0.1) is 5.10 Å². The number of amides is 1. The number of hydrogen-bond acceptors (Lipinski definition) is 7. The van der Waals surface area contributed by atoms with Crippen molar-refractivity contribution >= 4 is 21.8 Å². The molecule has 0 saturated carbocycles. The summed E-state index contributed by atoms with van der Waals surface area (Å²) in [5.41, 5.74) is 1.10. The van der Waals surface area contributed by atoms with Crippen LogP contribution in [0, 0.1) is 0 Å². The minimum atomic E-state index is -0.435. The molecule has 9 nitrogen and oxygen atoms in total. The van der Waals surface area contributed by atoms with Crippen LogP contribution in [0.4, 0.5) is 0 Å². The molecule has 1 aromatic carbocycles. The molecule has 0 radical (unpaired) electrons. The Balaban J connectivity index is 1.65. The van der Waals surface area contributed by atoms with Crippen molar-refractivity contribution in [2.24, 2.45) is 0 Å². The van der Waals surface area contributed by atoms with Gasteiger partial charge in [-0.3, -0.25) is 4.79 Å². The Morgan fingerprint density at radius 1 is 1.24 bits per heavy atom. The Bertz CT molecular complexity index is 838. The lowest BCUT2D eigenvalue weighted by molar-refractivity contribution is -0.145. The molecule has 3 rings (SSSR count). The van der Waals surface area contributed by atoms with Crippen LogP contribution in [0.15, 0.2) is 22.8 Å². The number of carbonyl (C=O) groups excluding carboxylic acids is 1. The van der Waals surface area contributed by atoms with E-state index >= 15 is 0 Å². The number of benzene rings is 1. The first-order chi connectivity index (χ1) is 14.0. The summed E-state index contributed by atoms with van der Waals surface area (Å²) in [5.74, 6) is 1.03. The van der Waals surface area contributed by atoms with Crippen LogP contribution in [0.2, 0.25) is 0 Å². The van der Waals surface area contributed by atoms with E-state index in [2.05, 4.69) is 31.6 Å². The molecule has 0 fully saturated rings. The topological polar surface area (TPSA) is 96.7 Å². The molecular formula is C19H25BrN4O5. The summed E-state index contributed by atoms with van der Waals surface area (Å²) in [4.78, 5) is 12.6. The summed E-state index contributed by atoms with van der Waals surface area (Å²) < 4.78 is 24.6. The number of rotatable bonds is 9. The van der Waals surface area contributed by atoms with Crippen LogP contribution < -0.4 is 14.8 Å². The van der Waals surface area contributed by atoms with Gasteiger partial charge in [0.25, 0.3) is 5.91 Å². The van der Waals surface area contributed by atoms with Crippen molar-refractivity contribution in [3.8, 4) is 11.5 Å². The molecule has 1 aliphatic heterocycles. The second-order valence-corrected chi connectivity index (χ2v) is 7.23. The highest BCUT2D eigenvalue weighted by molar-refractivity contribution is 9.10. The monoisotopic (exact) mass is 468 g/mol. The van der Waals surface area contributed by atoms with E-state index in [1.807, 2.05) is 32.9 Å². The van der Waals surface area contributed by atoms with Crippen LogP contribution in [0.1, 0.15) is 42.9 Å². The zero-order chi connectivity index (χ0) is 20.8. The fraction of sp³-hybridized carbons (Fsp3) is 0.526. The molecule has 158 valence electrons. The Morgan fingerprint density at radius 2 is 1.90 bits per heavy atom. The zero-order valence-electron chi connectivity index (χ0n) is 16.7. The van der Waals surface area contributed by atoms with Gasteiger partial charge in [-0.05, 0) is 38.5 Å². The van der Waals surface area contributed by atoms with E-state index in [4.69, 9.17) is 18.9 Å². The first-order valence-electron chi connectivity index (χ1n) is 9.55. The Morgan fingerprint density at radius 3 is 2.55 bits per heavy atom. The van der Waals surface area contributed by atoms with E-state index in [-0.39, 0.29) is 17.6 Å². The van der Waals surface area contributed by atoms with Crippen LogP contribution in [0.25, 0.3) is 0 Å². The molecule has 1 aromatic heterocycles. The normalized spacial score (nSPS) is 14.1. The predicted octanol–water partition coefficient (Wildman–Crippen LogP) is 2.70. The second-order valence-electron chi connectivity index (χ2n) is 6.38. The standard InChI is InChI=1S/C19H25BrN4O5/c1-4-26-18(27-5-2)11-24-10-15(22-23-24)19(25)21-12(3)13-8-16-17(9-14(13)20)29-7-6-28-16/h8-10,12,18H,4-7,11H2,1-3H3,(H,21,25). The van der Waals surface area contributed by atoms with Gasteiger partial charge >= 0.3 is 0 Å². The number of nitrogens with zero attached hydrogens (tertiary/aromatic N) is 3. The Labute approximate surface area is 177 Å². The predicted molar refractivity (Wildman–Crippen MR) is 108 cm³/mol. The lowest BCUT2D eigenvalue weighted by atomic mass is 10.1. The van der Waals surface area contributed by atoms with Gasteiger partial charge < -0.3 is 24.3 Å². The van der Waals surface area contributed by atoms with E-state index in [1.165, 1.54) is 4.68 Å². The average molecular weight is 469 g/mol. The largest absolute Gasteiger partial charge is 0.486 e. The smallest absolute Gasteiger partial charge is 0.273 e. The molecule has 2 aromatic rings. The number of halogens is 1. The van der Waals surface area contributed by atoms with E-state index in [0.717, 1.165) is 10.0 Å². The van der Waals surface area contributed by atoms with Gasteiger partial charge in [0, 0.05) is 17.7 Å². The lowest BCUT2D eigenvalue weighted by Crippen LogP contribution is -2.27. The van der Waals surface area contributed by atoms with Crippen molar-refractivity contribution in [3.63, 3.8) is 0 Å². The molecule has 1 N–H and O–H groups in total. The molecular weight excluding hydrogens is 444 g/mol. The molecule has 1 unspecified atom stereocenters. The maximum atomic E-state index is 12.6. The number of carbonyl (C=O) groups is 1. The van der Waals surface area contributed by atoms with Gasteiger partial charge in [-0.2, -0.15) is 0 Å². The molecule has 0 bridgehead atoms. The number of ether oxygens (including phenoxy) is 4. The van der Waals surface area contributed by atoms with Gasteiger partial charge in [0.1, 0.15) is 13.2 Å². The summed E-state index contributed by atoms with van der Waals surface area (Å²) in [5, 5.41) is 10.9. The van der Waals surface area contributed by atoms with Gasteiger partial charge in [-0.25, -0.2) is 4.68 Å². The first kappa shape index (κ1) is 21.5. The van der Waals surface area contributed by atoms with Crippen molar-refractivity contribution in [2.45, 2.75) is 39.6 Å². The molecule has 10 heteroatoms. The quantitative estimate of drug-likeness (QED) is 0.564. The maximum absolute atomic E-state index is 12.6. The van der Waals surface area contributed by atoms with Crippen molar-refractivity contribution in [1.82, 2.24) is 20.3 Å². The third-order valence-electron chi connectivity index (χ3n) is 4.29. The van der Waals surface area contributed by atoms with Crippen molar-refractivity contribution in [1.29, 1.82) is 0 Å². The van der Waals surface area contributed by atoms with E-state index < -0.39 is 6.29 Å². The average Bonchev–Trinajstić information content (AvgIpc) is 3.16. The fourth-order valence-electron chi connectivity index (χ4n) is 2.93. The number of hydrogen-bond donors (Lipinski definition) is 1. The van der Waals surface area contributed by atoms with Crippen LogP contribution in [0.5, 0.6) is 11.5 Å². The summed E-state index contributed by atoms with van der Waals surface area (Å²) in [6.07, 6.45) is 1.14. The first-order valence-corrected chi connectivity index (χ1v) is 10.3. The third kappa shape index (κ3) is 5.46. The van der Waals surface area contributed by atoms with Crippen molar-refractivity contribution in [2.75, 3.05) is 26.4 Å². The molecule has 1 aliphatic rings. The van der Waals surface area contributed by atoms with E-state index in [1.54, 1.807) is 6.20 Å². The molecule has 2 heterocycles. The number of aromatic nitrogens is 3. The van der Waals surface area contributed by atoms with Gasteiger partial charge in [0.2, 0.25) is 0 Å². The van der Waals surface area contributed by atoms with Crippen LogP contribution in [-0.2, 0) is 16.0 Å². The van der Waals surface area contributed by atoms with Crippen molar-refractivity contribution < 1.29 is 23.7 Å². The Hall–Kier alpha value is -2.17. The summed E-state index contributed by atoms with van der Waals surface area (Å²) >= 11 is 3.54. The molecule has 0 spiro atoms. The van der Waals surface area contributed by atoms with Crippen LogP contribution >= 0.6 is 15.9 Å². The lowest BCUT2D eigenvalue weighted by Gasteiger charge is -2.22. The molecule has 29 heavy (non-hydrogen) atoms. The zero-order valence-corrected chi connectivity index (χ0v) is 18.3. The highest BCUT2D eigenvalue weighted by Crippen LogP contribution is 2.37. The number of fused-ring (bicyclic) bond motifs is 1. The SMILES string of the molecule is CCOC(Cn1cc(C(=O)NC(C)c2cc3c(cc2Br)OCCO3)nn1)OCC. The van der Waals surface area contributed by atoms with Crippen LogP contribution in [0.3, 0.4) is 0 Å². The second kappa shape index (κ2) is 10.0. The summed E-state index contributed by atoms with van der Waals surface area (Å²) in [7, 11) is 0. The van der Waals surface area contributed by atoms with Crippen molar-refractivity contribution in [3.05, 3.63) is 34.1 Å². The minimum Gasteiger partial charge on any atom is -0.486 e. The highest BCUT2D eigenvalue weighted by Gasteiger charge is 2.21. The van der Waals surface area contributed by atoms with Gasteiger partial charge in [0.05, 0.1) is 18.8 Å². The summed E-state index contributed by atoms with van der Waals surface area (Å²) in [6, 6.07) is 3.44. The van der Waals surface area contributed by atoms with Crippen LogP contribution in [-0.4, -0.2) is 53.6 Å². The highest BCUT2D eigenvalue weighted by atomic mass is 79.9. The van der Waals surface area contributed by atoms with E-state index in [9.17, 15) is 4.79 Å². The number of nitrogens with one attached hydrogen (secondary N) is 1. The van der Waals surface area contributed by atoms with E-state index in [0.29, 0.717) is 44.5 Å². The van der Waals surface area contributed by atoms with Gasteiger partial charge in [0.15, 0.2) is 23.5 Å². The summed E-state index contributed by atoms with van der Waals surface area (Å²) in [6.45, 7) is 8.09. The molecule has 0 aliphatic carbocycles. The molecule has 1 amide bonds. The molecule has 0 saturated heterocycles. The third-order valence-corrected chi connectivity index (χ3v) is 4.97. The van der Waals surface area contributed by atoms with Gasteiger partial charge in [-0.1, -0.05) is 21.1 Å².